The summed E-state index contributed by atoms with van der Waals surface area (Å²) in [5, 5.41) is 10.5. The van der Waals surface area contributed by atoms with Crippen molar-refractivity contribution in [3.8, 4) is 0 Å². The number of aryl methyl sites for hydroxylation is 1. The van der Waals surface area contributed by atoms with Gasteiger partial charge in [-0.25, -0.2) is 0 Å². The van der Waals surface area contributed by atoms with Crippen molar-refractivity contribution in [3.05, 3.63) is 29.6 Å². The van der Waals surface area contributed by atoms with Gasteiger partial charge in [0.25, 0.3) is 0 Å². The first-order valence-corrected chi connectivity index (χ1v) is 5.34. The average Bonchev–Trinajstić information content (AvgIpc) is 2.71. The van der Waals surface area contributed by atoms with E-state index in [1.807, 2.05) is 26.0 Å². The van der Waals surface area contributed by atoms with Crippen molar-refractivity contribution >= 4 is 0 Å². The van der Waals surface area contributed by atoms with Gasteiger partial charge < -0.3 is 9.84 Å². The highest BCUT2D eigenvalue weighted by atomic mass is 16.5. The van der Waals surface area contributed by atoms with E-state index in [4.69, 9.17) is 4.74 Å². The van der Waals surface area contributed by atoms with Crippen LogP contribution in [0.5, 0.6) is 0 Å². The van der Waals surface area contributed by atoms with Crippen LogP contribution in [-0.4, -0.2) is 23.3 Å². The molecule has 2 atom stereocenters. The molecule has 82 valence electrons. The van der Waals surface area contributed by atoms with Crippen LogP contribution in [0.3, 0.4) is 0 Å². The zero-order valence-corrected chi connectivity index (χ0v) is 9.23. The lowest BCUT2D eigenvalue weighted by Gasteiger charge is -2.29. The van der Waals surface area contributed by atoms with Crippen LogP contribution in [0.4, 0.5) is 0 Å². The maximum absolute atomic E-state index is 10.5. The third-order valence-electron chi connectivity index (χ3n) is 3.22. The first-order chi connectivity index (χ1) is 7.10. The molecule has 1 saturated heterocycles. The van der Waals surface area contributed by atoms with Gasteiger partial charge in [0, 0.05) is 30.0 Å². The zero-order valence-electron chi connectivity index (χ0n) is 9.23. The lowest BCUT2D eigenvalue weighted by atomic mass is 9.83. The average molecular weight is 207 g/mol. The van der Waals surface area contributed by atoms with Crippen molar-refractivity contribution in [2.24, 2.45) is 5.92 Å². The maximum atomic E-state index is 10.5. The highest BCUT2D eigenvalue weighted by Crippen LogP contribution is 2.34. The number of pyridine rings is 1. The van der Waals surface area contributed by atoms with Gasteiger partial charge in [-0.15, -0.1) is 0 Å². The molecule has 2 unspecified atom stereocenters. The summed E-state index contributed by atoms with van der Waals surface area (Å²) in [4.78, 5) is 4.22. The Bertz CT molecular complexity index is 326. The summed E-state index contributed by atoms with van der Waals surface area (Å²) < 4.78 is 5.31. The highest BCUT2D eigenvalue weighted by Gasteiger charge is 2.36. The molecule has 1 aromatic rings. The summed E-state index contributed by atoms with van der Waals surface area (Å²) in [6.45, 7) is 5.18. The zero-order chi connectivity index (χ0) is 10.9. The summed E-state index contributed by atoms with van der Waals surface area (Å²) in [5.41, 5.74) is 1.03. The molecule has 3 heteroatoms. The Hall–Kier alpha value is -0.930. The standard InChI is InChI=1S/C12H17NO2/c1-9-3-4-10(7-13-9)12(2,14)11-5-6-15-8-11/h3-4,7,11,14H,5-6,8H2,1-2H3. The van der Waals surface area contributed by atoms with Crippen molar-refractivity contribution in [1.82, 2.24) is 4.98 Å². The van der Waals surface area contributed by atoms with Gasteiger partial charge in [-0.3, -0.25) is 4.98 Å². The molecule has 0 radical (unpaired) electrons. The van der Waals surface area contributed by atoms with E-state index < -0.39 is 5.60 Å². The fourth-order valence-corrected chi connectivity index (χ4v) is 1.98. The van der Waals surface area contributed by atoms with Gasteiger partial charge in [0.2, 0.25) is 0 Å². The van der Waals surface area contributed by atoms with Crippen LogP contribution < -0.4 is 0 Å². The van der Waals surface area contributed by atoms with Crippen LogP contribution in [0.2, 0.25) is 0 Å². The van der Waals surface area contributed by atoms with Gasteiger partial charge in [0.1, 0.15) is 0 Å². The molecule has 1 aliphatic rings. The first kappa shape index (κ1) is 10.6. The number of aliphatic hydroxyl groups is 1. The summed E-state index contributed by atoms with van der Waals surface area (Å²) >= 11 is 0. The topological polar surface area (TPSA) is 42.4 Å². The van der Waals surface area contributed by atoms with Crippen molar-refractivity contribution in [3.63, 3.8) is 0 Å². The van der Waals surface area contributed by atoms with Gasteiger partial charge in [-0.05, 0) is 26.3 Å². The van der Waals surface area contributed by atoms with Crippen LogP contribution in [-0.2, 0) is 10.3 Å². The van der Waals surface area contributed by atoms with E-state index in [-0.39, 0.29) is 5.92 Å². The minimum Gasteiger partial charge on any atom is -0.385 e. The summed E-state index contributed by atoms with van der Waals surface area (Å²) in [6, 6.07) is 3.88. The SMILES string of the molecule is Cc1ccc(C(C)(O)C2CCOC2)cn1. The number of rotatable bonds is 2. The minimum absolute atomic E-state index is 0.182. The van der Waals surface area contributed by atoms with Crippen molar-refractivity contribution < 1.29 is 9.84 Å². The lowest BCUT2D eigenvalue weighted by molar-refractivity contribution is -0.01000. The summed E-state index contributed by atoms with van der Waals surface area (Å²) in [7, 11) is 0. The Balaban J connectivity index is 2.23. The van der Waals surface area contributed by atoms with Gasteiger partial charge in [-0.1, -0.05) is 6.07 Å². The lowest BCUT2D eigenvalue weighted by Crippen LogP contribution is -2.32. The maximum Gasteiger partial charge on any atom is 0.0934 e. The van der Waals surface area contributed by atoms with E-state index in [2.05, 4.69) is 4.98 Å². The number of hydrogen-bond acceptors (Lipinski definition) is 3. The smallest absolute Gasteiger partial charge is 0.0934 e. The van der Waals surface area contributed by atoms with E-state index in [0.717, 1.165) is 24.3 Å². The van der Waals surface area contributed by atoms with Gasteiger partial charge in [-0.2, -0.15) is 0 Å². The third kappa shape index (κ3) is 2.03. The van der Waals surface area contributed by atoms with Gasteiger partial charge in [0.15, 0.2) is 0 Å². The quantitative estimate of drug-likeness (QED) is 0.801. The molecule has 0 spiro atoms. The number of aromatic nitrogens is 1. The molecule has 0 bridgehead atoms. The molecular weight excluding hydrogens is 190 g/mol. The predicted molar refractivity (Wildman–Crippen MR) is 57.5 cm³/mol. The van der Waals surface area contributed by atoms with Crippen LogP contribution in [0.1, 0.15) is 24.6 Å². The predicted octanol–water partition coefficient (Wildman–Crippen LogP) is 1.63. The number of nitrogens with zero attached hydrogens (tertiary/aromatic N) is 1. The number of ether oxygens (including phenoxy) is 1. The Labute approximate surface area is 90.1 Å². The molecule has 0 aromatic carbocycles. The Morgan fingerprint density at radius 2 is 2.33 bits per heavy atom. The second-order valence-electron chi connectivity index (χ2n) is 4.40. The second-order valence-corrected chi connectivity index (χ2v) is 4.40. The molecule has 15 heavy (non-hydrogen) atoms. The molecule has 3 nitrogen and oxygen atoms in total. The van der Waals surface area contributed by atoms with E-state index in [1.54, 1.807) is 6.20 Å². The molecule has 0 saturated carbocycles. The Kier molecular flexibility index (Phi) is 2.76. The summed E-state index contributed by atoms with van der Waals surface area (Å²) in [6.07, 6.45) is 2.68. The van der Waals surface area contributed by atoms with E-state index in [9.17, 15) is 5.11 Å². The fraction of sp³-hybridized carbons (Fsp3) is 0.583. The molecule has 1 aliphatic heterocycles. The van der Waals surface area contributed by atoms with Crippen molar-refractivity contribution in [2.45, 2.75) is 25.9 Å². The Morgan fingerprint density at radius 1 is 1.53 bits per heavy atom. The van der Waals surface area contributed by atoms with Gasteiger partial charge >= 0.3 is 0 Å². The molecule has 0 amide bonds. The largest absolute Gasteiger partial charge is 0.385 e. The molecule has 2 heterocycles. The molecular formula is C12H17NO2. The second kappa shape index (κ2) is 3.91. The van der Waals surface area contributed by atoms with E-state index >= 15 is 0 Å². The normalized spacial score (nSPS) is 25.1. The van der Waals surface area contributed by atoms with Crippen LogP contribution in [0.15, 0.2) is 18.3 Å². The van der Waals surface area contributed by atoms with Crippen LogP contribution in [0.25, 0.3) is 0 Å². The number of hydrogen-bond donors (Lipinski definition) is 1. The van der Waals surface area contributed by atoms with Crippen molar-refractivity contribution in [2.75, 3.05) is 13.2 Å². The fourth-order valence-electron chi connectivity index (χ4n) is 1.98. The molecule has 1 aromatic heterocycles. The van der Waals surface area contributed by atoms with E-state index in [0.29, 0.717) is 6.61 Å². The molecule has 2 rings (SSSR count). The third-order valence-corrected chi connectivity index (χ3v) is 3.22. The summed E-state index contributed by atoms with van der Waals surface area (Å²) in [5.74, 6) is 0.182. The molecule has 0 aliphatic carbocycles. The highest BCUT2D eigenvalue weighted by molar-refractivity contribution is 5.21. The Morgan fingerprint density at radius 3 is 2.87 bits per heavy atom. The van der Waals surface area contributed by atoms with Crippen molar-refractivity contribution in [1.29, 1.82) is 0 Å². The van der Waals surface area contributed by atoms with Crippen LogP contribution in [0, 0.1) is 12.8 Å². The monoisotopic (exact) mass is 207 g/mol. The minimum atomic E-state index is -0.822. The first-order valence-electron chi connectivity index (χ1n) is 5.34. The molecule has 1 fully saturated rings. The van der Waals surface area contributed by atoms with E-state index in [1.165, 1.54) is 0 Å². The molecule has 1 N–H and O–H groups in total. The van der Waals surface area contributed by atoms with Crippen LogP contribution >= 0.6 is 0 Å². The van der Waals surface area contributed by atoms with Gasteiger partial charge in [0.05, 0.1) is 12.2 Å².